The van der Waals surface area contributed by atoms with Crippen molar-refractivity contribution in [3.05, 3.63) is 23.8 Å². The molecule has 0 N–H and O–H groups in total. The molecular weight excluding hydrogens is 243 g/mol. The van der Waals surface area contributed by atoms with E-state index in [1.54, 1.807) is 0 Å². The highest BCUT2D eigenvalue weighted by molar-refractivity contribution is 8.13. The van der Waals surface area contributed by atoms with E-state index in [1.807, 2.05) is 0 Å². The Morgan fingerprint density at radius 3 is 2.43 bits per heavy atom. The Balaban J connectivity index is 3.45. The lowest BCUT2D eigenvalue weighted by atomic mass is 10.3. The Bertz CT molecular complexity index is 448. The molecule has 78 valence electrons. The number of rotatable bonds is 2. The number of pyridine rings is 1. The zero-order valence-corrected chi connectivity index (χ0v) is 7.99. The lowest BCUT2D eigenvalue weighted by Crippen LogP contribution is -2.01. The van der Waals surface area contributed by atoms with Crippen LogP contribution in [0.2, 0.25) is 0 Å². The molecule has 0 fully saturated rings. The summed E-state index contributed by atoms with van der Waals surface area (Å²) in [5.41, 5.74) is -0.993. The Kier molecular flexibility index (Phi) is 3.01. The van der Waals surface area contributed by atoms with Gasteiger partial charge in [-0.05, 0) is 0 Å². The second-order valence-electron chi connectivity index (χ2n) is 2.28. The fourth-order valence-corrected chi connectivity index (χ4v) is 1.80. The molecule has 0 saturated carbocycles. The van der Waals surface area contributed by atoms with Gasteiger partial charge in [0.2, 0.25) is 5.95 Å². The fourth-order valence-electron chi connectivity index (χ4n) is 0.806. The van der Waals surface area contributed by atoms with Crippen molar-refractivity contribution in [2.24, 2.45) is 0 Å². The van der Waals surface area contributed by atoms with Crippen molar-refractivity contribution in [3.63, 3.8) is 0 Å². The van der Waals surface area contributed by atoms with Crippen LogP contribution in [-0.4, -0.2) is 13.4 Å². The van der Waals surface area contributed by atoms with Crippen LogP contribution in [0.5, 0.6) is 0 Å². The van der Waals surface area contributed by atoms with Crippen molar-refractivity contribution in [3.8, 4) is 0 Å². The van der Waals surface area contributed by atoms with Crippen molar-refractivity contribution < 1.29 is 21.6 Å². The SMILES string of the molecule is O=S(=O)(Cl)c1cnc(F)cc1C(F)F. The molecule has 0 aliphatic heterocycles. The van der Waals surface area contributed by atoms with Crippen LogP contribution in [0.25, 0.3) is 0 Å². The van der Waals surface area contributed by atoms with Gasteiger partial charge in [0, 0.05) is 22.3 Å². The molecule has 3 nitrogen and oxygen atoms in total. The lowest BCUT2D eigenvalue weighted by Gasteiger charge is -2.04. The largest absolute Gasteiger partial charge is 0.265 e. The van der Waals surface area contributed by atoms with Gasteiger partial charge in [-0.25, -0.2) is 22.2 Å². The van der Waals surface area contributed by atoms with Crippen molar-refractivity contribution in [1.82, 2.24) is 4.98 Å². The first kappa shape index (κ1) is 11.3. The number of nitrogens with zero attached hydrogens (tertiary/aromatic N) is 1. The highest BCUT2D eigenvalue weighted by Gasteiger charge is 2.22. The number of alkyl halides is 2. The van der Waals surface area contributed by atoms with Crippen LogP contribution in [0.15, 0.2) is 17.2 Å². The molecule has 0 bridgehead atoms. The third-order valence-corrected chi connectivity index (χ3v) is 2.73. The van der Waals surface area contributed by atoms with Gasteiger partial charge >= 0.3 is 0 Å². The van der Waals surface area contributed by atoms with Crippen molar-refractivity contribution in [1.29, 1.82) is 0 Å². The zero-order chi connectivity index (χ0) is 10.9. The van der Waals surface area contributed by atoms with Gasteiger partial charge in [0.15, 0.2) is 0 Å². The Hall–Kier alpha value is -0.820. The second kappa shape index (κ2) is 3.74. The summed E-state index contributed by atoms with van der Waals surface area (Å²) in [6.07, 6.45) is -2.67. The molecule has 1 heterocycles. The van der Waals surface area contributed by atoms with Crippen LogP contribution in [0.4, 0.5) is 13.2 Å². The summed E-state index contributed by atoms with van der Waals surface area (Å²) < 4.78 is 58.3. The number of hydrogen-bond donors (Lipinski definition) is 0. The van der Waals surface area contributed by atoms with Crippen LogP contribution in [0.3, 0.4) is 0 Å². The van der Waals surface area contributed by atoms with Gasteiger partial charge in [0.1, 0.15) is 4.90 Å². The molecule has 0 aliphatic carbocycles. The molecule has 0 unspecified atom stereocenters. The molecular formula is C6H3ClF3NO2S. The molecule has 0 spiro atoms. The molecule has 0 aromatic carbocycles. The minimum absolute atomic E-state index is 0.333. The van der Waals surface area contributed by atoms with E-state index in [9.17, 15) is 21.6 Å². The minimum Gasteiger partial charge on any atom is -0.227 e. The van der Waals surface area contributed by atoms with Crippen LogP contribution >= 0.6 is 10.7 Å². The summed E-state index contributed by atoms with van der Waals surface area (Å²) in [6, 6.07) is 0.333. The number of halogens is 4. The average molecular weight is 246 g/mol. The standard InChI is InChI=1S/C6H3ClF3NO2S/c7-14(12,13)4-2-11-5(8)1-3(4)6(9)10/h1-2,6H. The van der Waals surface area contributed by atoms with Crippen molar-refractivity contribution in [2.75, 3.05) is 0 Å². The summed E-state index contributed by atoms with van der Waals surface area (Å²) >= 11 is 0. The fraction of sp³-hybridized carbons (Fsp3) is 0.167. The van der Waals surface area contributed by atoms with Crippen molar-refractivity contribution >= 4 is 19.7 Å². The lowest BCUT2D eigenvalue weighted by molar-refractivity contribution is 0.147. The number of aromatic nitrogens is 1. The molecule has 0 amide bonds. The summed E-state index contributed by atoms with van der Waals surface area (Å²) in [6.45, 7) is 0. The highest BCUT2D eigenvalue weighted by Crippen LogP contribution is 2.28. The van der Waals surface area contributed by atoms with E-state index in [0.29, 0.717) is 12.3 Å². The maximum Gasteiger partial charge on any atom is 0.265 e. The van der Waals surface area contributed by atoms with Crippen LogP contribution in [-0.2, 0) is 9.05 Å². The maximum atomic E-state index is 12.4. The average Bonchev–Trinajstić information content (AvgIpc) is 2.01. The zero-order valence-electron chi connectivity index (χ0n) is 6.42. The van der Waals surface area contributed by atoms with E-state index >= 15 is 0 Å². The summed E-state index contributed by atoms with van der Waals surface area (Å²) in [5.74, 6) is -1.19. The molecule has 1 aromatic rings. The van der Waals surface area contributed by atoms with Gasteiger partial charge in [0.05, 0.1) is 6.20 Å². The molecule has 0 radical (unpaired) electrons. The van der Waals surface area contributed by atoms with Gasteiger partial charge in [0.25, 0.3) is 15.5 Å². The molecule has 1 aromatic heterocycles. The topological polar surface area (TPSA) is 47.0 Å². The highest BCUT2D eigenvalue weighted by atomic mass is 35.7. The molecule has 14 heavy (non-hydrogen) atoms. The molecule has 1 rings (SSSR count). The van der Waals surface area contributed by atoms with E-state index in [-0.39, 0.29) is 0 Å². The Morgan fingerprint density at radius 1 is 1.43 bits per heavy atom. The number of hydrogen-bond acceptors (Lipinski definition) is 3. The van der Waals surface area contributed by atoms with E-state index < -0.39 is 31.9 Å². The first-order valence-corrected chi connectivity index (χ1v) is 5.51. The van der Waals surface area contributed by atoms with Gasteiger partial charge in [-0.15, -0.1) is 0 Å². The predicted molar refractivity (Wildman–Crippen MR) is 42.2 cm³/mol. The normalized spacial score (nSPS) is 12.1. The molecule has 0 aliphatic rings. The van der Waals surface area contributed by atoms with E-state index in [2.05, 4.69) is 4.98 Å². The first-order chi connectivity index (χ1) is 6.32. The van der Waals surface area contributed by atoms with E-state index in [4.69, 9.17) is 10.7 Å². The van der Waals surface area contributed by atoms with Crippen LogP contribution < -0.4 is 0 Å². The summed E-state index contributed by atoms with van der Waals surface area (Å²) in [4.78, 5) is 2.05. The first-order valence-electron chi connectivity index (χ1n) is 3.20. The Labute approximate surface area is 81.9 Å². The second-order valence-corrected chi connectivity index (χ2v) is 4.82. The smallest absolute Gasteiger partial charge is 0.227 e. The van der Waals surface area contributed by atoms with Gasteiger partial charge < -0.3 is 0 Å². The monoisotopic (exact) mass is 245 g/mol. The van der Waals surface area contributed by atoms with E-state index in [1.165, 1.54) is 0 Å². The third kappa shape index (κ3) is 2.36. The quantitative estimate of drug-likeness (QED) is 0.592. The predicted octanol–water partition coefficient (Wildman–Crippen LogP) is 2.09. The third-order valence-electron chi connectivity index (χ3n) is 1.36. The Morgan fingerprint density at radius 2 is 2.00 bits per heavy atom. The van der Waals surface area contributed by atoms with Crippen molar-refractivity contribution in [2.45, 2.75) is 11.3 Å². The minimum atomic E-state index is -4.33. The molecule has 0 atom stereocenters. The maximum absolute atomic E-state index is 12.4. The molecule has 0 saturated heterocycles. The van der Waals surface area contributed by atoms with Gasteiger partial charge in [-0.2, -0.15) is 4.39 Å². The van der Waals surface area contributed by atoms with E-state index in [0.717, 1.165) is 0 Å². The van der Waals surface area contributed by atoms with Gasteiger partial charge in [-0.3, -0.25) is 0 Å². The molecule has 8 heteroatoms. The summed E-state index contributed by atoms with van der Waals surface area (Å²) in [7, 11) is 0.504. The van der Waals surface area contributed by atoms with Crippen LogP contribution in [0, 0.1) is 5.95 Å². The van der Waals surface area contributed by atoms with Gasteiger partial charge in [-0.1, -0.05) is 0 Å². The van der Waals surface area contributed by atoms with Crippen LogP contribution in [0.1, 0.15) is 12.0 Å². The summed E-state index contributed by atoms with van der Waals surface area (Å²) in [5, 5.41) is 0.